The van der Waals surface area contributed by atoms with Crippen molar-refractivity contribution in [2.75, 3.05) is 12.4 Å². The number of rotatable bonds is 3. The third-order valence-corrected chi connectivity index (χ3v) is 1.90. The molecule has 0 unspecified atom stereocenters. The third kappa shape index (κ3) is 2.64. The summed E-state index contributed by atoms with van der Waals surface area (Å²) in [4.78, 5) is 0. The van der Waals surface area contributed by atoms with Crippen LogP contribution < -0.4 is 5.73 Å². The SMILES string of the molecule is CO[C@H](C)[C@H](N)CBr. The molecule has 0 amide bonds. The van der Waals surface area contributed by atoms with E-state index in [1.54, 1.807) is 7.11 Å². The molecule has 0 aliphatic carbocycles. The zero-order chi connectivity index (χ0) is 6.57. The predicted octanol–water partition coefficient (Wildman–Crippen LogP) is 0.744. The van der Waals surface area contributed by atoms with Gasteiger partial charge < -0.3 is 10.5 Å². The van der Waals surface area contributed by atoms with E-state index in [9.17, 15) is 0 Å². The summed E-state index contributed by atoms with van der Waals surface area (Å²) >= 11 is 3.25. The molecule has 0 bridgehead atoms. The molecule has 0 fully saturated rings. The van der Waals surface area contributed by atoms with Crippen LogP contribution in [0.3, 0.4) is 0 Å². The average Bonchev–Trinajstić information content (AvgIpc) is 1.84. The van der Waals surface area contributed by atoms with Crippen LogP contribution in [0.4, 0.5) is 0 Å². The molecule has 0 aromatic carbocycles. The van der Waals surface area contributed by atoms with Gasteiger partial charge in [0.1, 0.15) is 0 Å². The highest BCUT2D eigenvalue weighted by Gasteiger charge is 2.07. The van der Waals surface area contributed by atoms with E-state index in [1.807, 2.05) is 6.92 Å². The van der Waals surface area contributed by atoms with Crippen LogP contribution in [0, 0.1) is 0 Å². The van der Waals surface area contributed by atoms with Crippen LogP contribution in [0.1, 0.15) is 6.92 Å². The minimum atomic E-state index is 0.111. The van der Waals surface area contributed by atoms with Gasteiger partial charge in [0.2, 0.25) is 0 Å². The number of ether oxygens (including phenoxy) is 1. The lowest BCUT2D eigenvalue weighted by Crippen LogP contribution is -2.35. The Kier molecular flexibility index (Phi) is 4.51. The number of halogens is 1. The van der Waals surface area contributed by atoms with Crippen molar-refractivity contribution >= 4 is 15.9 Å². The van der Waals surface area contributed by atoms with Crippen molar-refractivity contribution in [3.8, 4) is 0 Å². The second kappa shape index (κ2) is 4.30. The van der Waals surface area contributed by atoms with Crippen LogP contribution >= 0.6 is 15.9 Å². The van der Waals surface area contributed by atoms with Crippen molar-refractivity contribution in [1.82, 2.24) is 0 Å². The Morgan fingerprint density at radius 1 is 1.75 bits per heavy atom. The summed E-state index contributed by atoms with van der Waals surface area (Å²) < 4.78 is 4.95. The summed E-state index contributed by atoms with van der Waals surface area (Å²) in [5.41, 5.74) is 5.56. The molecule has 0 aromatic rings. The maximum Gasteiger partial charge on any atom is 0.0702 e. The molecule has 0 aliphatic heterocycles. The molecule has 8 heavy (non-hydrogen) atoms. The maximum atomic E-state index is 5.56. The van der Waals surface area contributed by atoms with Gasteiger partial charge in [-0.05, 0) is 6.92 Å². The molecule has 0 rings (SSSR count). The van der Waals surface area contributed by atoms with Crippen LogP contribution in [0.5, 0.6) is 0 Å². The van der Waals surface area contributed by atoms with Gasteiger partial charge in [-0.2, -0.15) is 0 Å². The van der Waals surface area contributed by atoms with E-state index in [1.165, 1.54) is 0 Å². The van der Waals surface area contributed by atoms with Crippen LogP contribution in [-0.4, -0.2) is 24.6 Å². The van der Waals surface area contributed by atoms with Gasteiger partial charge in [0.05, 0.1) is 6.10 Å². The zero-order valence-electron chi connectivity index (χ0n) is 5.23. The van der Waals surface area contributed by atoms with Crippen molar-refractivity contribution in [2.45, 2.75) is 19.1 Å². The van der Waals surface area contributed by atoms with Gasteiger partial charge in [-0.1, -0.05) is 15.9 Å². The fourth-order valence-electron chi connectivity index (χ4n) is 0.300. The van der Waals surface area contributed by atoms with E-state index >= 15 is 0 Å². The number of hydrogen-bond donors (Lipinski definition) is 1. The number of alkyl halides is 1. The molecule has 50 valence electrons. The minimum absolute atomic E-state index is 0.111. The van der Waals surface area contributed by atoms with E-state index < -0.39 is 0 Å². The molecule has 0 radical (unpaired) electrons. The highest BCUT2D eigenvalue weighted by molar-refractivity contribution is 9.09. The van der Waals surface area contributed by atoms with Crippen LogP contribution in [0.2, 0.25) is 0 Å². The summed E-state index contributed by atoms with van der Waals surface area (Å²) in [6, 6.07) is 0.111. The smallest absolute Gasteiger partial charge is 0.0702 e. The fourth-order valence-corrected chi connectivity index (χ4v) is 0.827. The Balaban J connectivity index is 3.29. The van der Waals surface area contributed by atoms with Gasteiger partial charge in [-0.25, -0.2) is 0 Å². The quantitative estimate of drug-likeness (QED) is 0.653. The fraction of sp³-hybridized carbons (Fsp3) is 1.00. The van der Waals surface area contributed by atoms with Gasteiger partial charge in [0.15, 0.2) is 0 Å². The van der Waals surface area contributed by atoms with E-state index in [0.717, 1.165) is 5.33 Å². The number of methoxy groups -OCH3 is 1. The molecule has 0 saturated heterocycles. The first-order valence-electron chi connectivity index (χ1n) is 2.56. The van der Waals surface area contributed by atoms with Gasteiger partial charge in [-0.3, -0.25) is 0 Å². The molecule has 0 aliphatic rings. The first kappa shape index (κ1) is 8.40. The summed E-state index contributed by atoms with van der Waals surface area (Å²) in [6.45, 7) is 1.95. The number of nitrogens with two attached hydrogens (primary N) is 1. The lowest BCUT2D eigenvalue weighted by molar-refractivity contribution is 0.102. The van der Waals surface area contributed by atoms with Gasteiger partial charge in [0, 0.05) is 18.5 Å². The summed E-state index contributed by atoms with van der Waals surface area (Å²) in [5, 5.41) is 0.794. The predicted molar refractivity (Wildman–Crippen MR) is 38.2 cm³/mol. The average molecular weight is 182 g/mol. The Bertz CT molecular complexity index is 52.4. The molecule has 2 nitrogen and oxygen atoms in total. The van der Waals surface area contributed by atoms with Crippen LogP contribution in [0.25, 0.3) is 0 Å². The van der Waals surface area contributed by atoms with E-state index in [-0.39, 0.29) is 12.1 Å². The van der Waals surface area contributed by atoms with Crippen LogP contribution in [0.15, 0.2) is 0 Å². The summed E-state index contributed by atoms with van der Waals surface area (Å²) in [6.07, 6.45) is 0.148. The molecule has 0 aromatic heterocycles. The van der Waals surface area contributed by atoms with Crippen LogP contribution in [-0.2, 0) is 4.74 Å². The molecular weight excluding hydrogens is 170 g/mol. The standard InChI is InChI=1S/C5H12BrNO/c1-4(8-2)5(7)3-6/h4-5H,3,7H2,1-2H3/t4-,5-/m1/s1. The Morgan fingerprint density at radius 3 is 2.38 bits per heavy atom. The highest BCUT2D eigenvalue weighted by Crippen LogP contribution is 1.96. The second-order valence-corrected chi connectivity index (χ2v) is 2.41. The third-order valence-electron chi connectivity index (χ3n) is 1.15. The monoisotopic (exact) mass is 181 g/mol. The topological polar surface area (TPSA) is 35.2 Å². The van der Waals surface area contributed by atoms with E-state index in [2.05, 4.69) is 15.9 Å². The lowest BCUT2D eigenvalue weighted by atomic mass is 10.2. The molecule has 0 heterocycles. The molecule has 0 saturated carbocycles. The summed E-state index contributed by atoms with van der Waals surface area (Å²) in [7, 11) is 1.66. The van der Waals surface area contributed by atoms with E-state index in [0.29, 0.717) is 0 Å². The second-order valence-electron chi connectivity index (χ2n) is 1.76. The largest absolute Gasteiger partial charge is 0.380 e. The van der Waals surface area contributed by atoms with Crippen molar-refractivity contribution in [3.05, 3.63) is 0 Å². The van der Waals surface area contributed by atoms with Crippen molar-refractivity contribution < 1.29 is 4.74 Å². The molecule has 0 spiro atoms. The van der Waals surface area contributed by atoms with E-state index in [4.69, 9.17) is 10.5 Å². The van der Waals surface area contributed by atoms with Gasteiger partial charge in [-0.15, -0.1) is 0 Å². The van der Waals surface area contributed by atoms with Crippen molar-refractivity contribution in [3.63, 3.8) is 0 Å². The Morgan fingerprint density at radius 2 is 2.25 bits per heavy atom. The van der Waals surface area contributed by atoms with Crippen molar-refractivity contribution in [1.29, 1.82) is 0 Å². The van der Waals surface area contributed by atoms with Crippen molar-refractivity contribution in [2.24, 2.45) is 5.73 Å². The lowest BCUT2D eigenvalue weighted by Gasteiger charge is -2.14. The maximum absolute atomic E-state index is 5.56. The Hall–Kier alpha value is 0.400. The Labute approximate surface area is 58.5 Å². The first-order valence-corrected chi connectivity index (χ1v) is 3.68. The highest BCUT2D eigenvalue weighted by atomic mass is 79.9. The normalized spacial score (nSPS) is 18.0. The molecule has 2 N–H and O–H groups in total. The summed E-state index contributed by atoms with van der Waals surface area (Å²) in [5.74, 6) is 0. The zero-order valence-corrected chi connectivity index (χ0v) is 6.81. The van der Waals surface area contributed by atoms with Gasteiger partial charge in [0.25, 0.3) is 0 Å². The molecular formula is C5H12BrNO. The number of hydrogen-bond acceptors (Lipinski definition) is 2. The molecule has 3 heteroatoms. The first-order chi connectivity index (χ1) is 3.72. The minimum Gasteiger partial charge on any atom is -0.380 e. The van der Waals surface area contributed by atoms with Gasteiger partial charge >= 0.3 is 0 Å². The molecule has 2 atom stereocenters.